The molecule has 1 aromatic heterocycles. The number of carbonyl (C=O) groups is 2. The summed E-state index contributed by atoms with van der Waals surface area (Å²) in [6.45, 7) is 1.81. The lowest BCUT2D eigenvalue weighted by molar-refractivity contribution is -0.137. The smallest absolute Gasteiger partial charge is 0.317 e. The summed E-state index contributed by atoms with van der Waals surface area (Å²) in [5.74, 6) is -1.30. The molecule has 1 N–H and O–H groups in total. The van der Waals surface area contributed by atoms with Crippen LogP contribution in [0.4, 0.5) is 18.9 Å². The summed E-state index contributed by atoms with van der Waals surface area (Å²) in [6, 6.07) is 15.1. The van der Waals surface area contributed by atoms with Crippen molar-refractivity contribution in [1.29, 1.82) is 0 Å². The van der Waals surface area contributed by atoms with Crippen molar-refractivity contribution in [3.05, 3.63) is 89.3 Å². The van der Waals surface area contributed by atoms with Gasteiger partial charge in [-0.2, -0.15) is 13.2 Å². The summed E-state index contributed by atoms with van der Waals surface area (Å²) in [7, 11) is 0. The standard InChI is InChI=1S/C23H16F3N3O2S/c1-14-6-2-3-10-19(14)29-21(31)18(20(30)27-22(29)32)13-17-9-5-11-28(17)16-8-4-7-15(12-16)23(24,25)26/h2-13H,1H3,(H,27,30,32)/b18-13+. The molecule has 1 aliphatic heterocycles. The molecular formula is C23H16F3N3O2S. The molecule has 1 saturated heterocycles. The summed E-state index contributed by atoms with van der Waals surface area (Å²) in [6.07, 6.45) is -1.60. The quantitative estimate of drug-likeness (QED) is 0.356. The van der Waals surface area contributed by atoms with Crippen molar-refractivity contribution in [2.45, 2.75) is 13.1 Å². The number of para-hydroxylation sites is 1. The van der Waals surface area contributed by atoms with Gasteiger partial charge in [0.25, 0.3) is 11.8 Å². The molecular weight excluding hydrogens is 439 g/mol. The van der Waals surface area contributed by atoms with Gasteiger partial charge in [-0.05, 0) is 67.2 Å². The fourth-order valence-electron chi connectivity index (χ4n) is 3.42. The van der Waals surface area contributed by atoms with Gasteiger partial charge in [0.2, 0.25) is 0 Å². The van der Waals surface area contributed by atoms with Crippen LogP contribution in [0.1, 0.15) is 16.8 Å². The molecule has 0 unspecified atom stereocenters. The number of hydrogen-bond donors (Lipinski definition) is 1. The van der Waals surface area contributed by atoms with E-state index in [9.17, 15) is 22.8 Å². The first kappa shape index (κ1) is 21.5. The summed E-state index contributed by atoms with van der Waals surface area (Å²) < 4.78 is 40.8. The summed E-state index contributed by atoms with van der Waals surface area (Å²) >= 11 is 5.21. The van der Waals surface area contributed by atoms with Gasteiger partial charge in [-0.3, -0.25) is 19.8 Å². The fourth-order valence-corrected chi connectivity index (χ4v) is 3.69. The van der Waals surface area contributed by atoms with Crippen molar-refractivity contribution in [3.63, 3.8) is 0 Å². The minimum absolute atomic E-state index is 0.0419. The number of nitrogens with one attached hydrogen (secondary N) is 1. The molecule has 2 heterocycles. The normalized spacial score (nSPS) is 15.9. The van der Waals surface area contributed by atoms with E-state index in [2.05, 4.69) is 5.32 Å². The van der Waals surface area contributed by atoms with Gasteiger partial charge in [-0.15, -0.1) is 0 Å². The zero-order valence-electron chi connectivity index (χ0n) is 16.7. The first-order valence-corrected chi connectivity index (χ1v) is 9.90. The number of aryl methyl sites for hydroxylation is 1. The molecule has 9 heteroatoms. The van der Waals surface area contributed by atoms with E-state index in [0.29, 0.717) is 11.4 Å². The van der Waals surface area contributed by atoms with Crippen LogP contribution in [0.2, 0.25) is 0 Å². The number of amides is 2. The first-order chi connectivity index (χ1) is 15.2. The Labute approximate surface area is 186 Å². The third-order valence-electron chi connectivity index (χ3n) is 4.98. The van der Waals surface area contributed by atoms with E-state index in [1.54, 1.807) is 30.5 Å². The largest absolute Gasteiger partial charge is 0.416 e. The number of hydrogen-bond acceptors (Lipinski definition) is 3. The molecule has 1 aliphatic rings. The van der Waals surface area contributed by atoms with Crippen LogP contribution in [-0.4, -0.2) is 21.5 Å². The number of nitrogens with zero attached hydrogens (tertiary/aromatic N) is 2. The molecule has 2 aromatic carbocycles. The Balaban J connectivity index is 1.76. The number of thiocarbonyl (C=S) groups is 1. The average Bonchev–Trinajstić information content (AvgIpc) is 3.20. The first-order valence-electron chi connectivity index (χ1n) is 9.49. The number of anilines is 1. The zero-order chi connectivity index (χ0) is 23.0. The van der Waals surface area contributed by atoms with Gasteiger partial charge in [-0.25, -0.2) is 0 Å². The van der Waals surface area contributed by atoms with Crippen molar-refractivity contribution in [3.8, 4) is 5.69 Å². The van der Waals surface area contributed by atoms with Crippen molar-refractivity contribution in [1.82, 2.24) is 9.88 Å². The van der Waals surface area contributed by atoms with Crippen LogP contribution in [0.3, 0.4) is 0 Å². The number of alkyl halides is 3. The van der Waals surface area contributed by atoms with E-state index in [0.717, 1.165) is 17.7 Å². The molecule has 2 amide bonds. The fraction of sp³-hybridized carbons (Fsp3) is 0.0870. The lowest BCUT2D eigenvalue weighted by Crippen LogP contribution is -2.54. The summed E-state index contributed by atoms with van der Waals surface area (Å²) in [5, 5.41) is 2.47. The van der Waals surface area contributed by atoms with E-state index >= 15 is 0 Å². The molecule has 4 rings (SSSR count). The van der Waals surface area contributed by atoms with Gasteiger partial charge >= 0.3 is 6.18 Å². The number of rotatable bonds is 3. The summed E-state index contributed by atoms with van der Waals surface area (Å²) in [4.78, 5) is 27.0. The molecule has 3 aromatic rings. The number of carbonyl (C=O) groups excluding carboxylic acids is 2. The molecule has 32 heavy (non-hydrogen) atoms. The maximum atomic E-state index is 13.2. The minimum atomic E-state index is -4.50. The second-order valence-corrected chi connectivity index (χ2v) is 7.48. The van der Waals surface area contributed by atoms with Crippen LogP contribution in [0.15, 0.2) is 72.4 Å². The Morgan fingerprint density at radius 3 is 2.47 bits per heavy atom. The van der Waals surface area contributed by atoms with Gasteiger partial charge in [-0.1, -0.05) is 24.3 Å². The van der Waals surface area contributed by atoms with Gasteiger partial charge < -0.3 is 4.57 Å². The van der Waals surface area contributed by atoms with Crippen LogP contribution >= 0.6 is 12.2 Å². The van der Waals surface area contributed by atoms with Crippen molar-refractivity contribution >= 4 is 40.9 Å². The molecule has 0 radical (unpaired) electrons. The van der Waals surface area contributed by atoms with Crippen LogP contribution in [0, 0.1) is 6.92 Å². The Morgan fingerprint density at radius 1 is 1.00 bits per heavy atom. The van der Waals surface area contributed by atoms with E-state index in [-0.39, 0.29) is 16.4 Å². The lowest BCUT2D eigenvalue weighted by atomic mass is 10.1. The topological polar surface area (TPSA) is 54.3 Å². The van der Waals surface area contributed by atoms with E-state index in [4.69, 9.17) is 12.2 Å². The lowest BCUT2D eigenvalue weighted by Gasteiger charge is -2.30. The van der Waals surface area contributed by atoms with Crippen molar-refractivity contribution < 1.29 is 22.8 Å². The van der Waals surface area contributed by atoms with Crippen LogP contribution < -0.4 is 10.2 Å². The Hall–Kier alpha value is -3.72. The van der Waals surface area contributed by atoms with Gasteiger partial charge in [0.05, 0.1) is 11.3 Å². The second-order valence-electron chi connectivity index (χ2n) is 7.10. The Bertz CT molecular complexity index is 1280. The third kappa shape index (κ3) is 3.94. The highest BCUT2D eigenvalue weighted by Gasteiger charge is 2.35. The molecule has 0 saturated carbocycles. The molecule has 0 bridgehead atoms. The molecule has 0 aliphatic carbocycles. The molecule has 1 fully saturated rings. The number of halogens is 3. The second kappa shape index (κ2) is 8.08. The zero-order valence-corrected chi connectivity index (χ0v) is 17.5. The van der Waals surface area contributed by atoms with Gasteiger partial charge in [0.1, 0.15) is 5.57 Å². The molecule has 0 atom stereocenters. The average molecular weight is 455 g/mol. The third-order valence-corrected chi connectivity index (χ3v) is 5.27. The number of aromatic nitrogens is 1. The van der Waals surface area contributed by atoms with E-state index in [1.807, 2.05) is 19.1 Å². The van der Waals surface area contributed by atoms with E-state index < -0.39 is 23.6 Å². The van der Waals surface area contributed by atoms with Crippen molar-refractivity contribution in [2.75, 3.05) is 4.90 Å². The van der Waals surface area contributed by atoms with Gasteiger partial charge in [0, 0.05) is 17.6 Å². The SMILES string of the molecule is Cc1ccccc1N1C(=O)/C(=C/c2cccn2-c2cccc(C(F)(F)F)c2)C(=O)NC1=S. The van der Waals surface area contributed by atoms with Gasteiger partial charge in [0.15, 0.2) is 5.11 Å². The van der Waals surface area contributed by atoms with Crippen LogP contribution in [0.5, 0.6) is 0 Å². The van der Waals surface area contributed by atoms with Crippen molar-refractivity contribution in [2.24, 2.45) is 0 Å². The molecule has 5 nitrogen and oxygen atoms in total. The number of benzene rings is 2. The maximum Gasteiger partial charge on any atom is 0.416 e. The maximum absolute atomic E-state index is 13.2. The highest BCUT2D eigenvalue weighted by atomic mass is 32.1. The monoisotopic (exact) mass is 455 g/mol. The Morgan fingerprint density at radius 2 is 1.75 bits per heavy atom. The highest BCUT2D eigenvalue weighted by Crippen LogP contribution is 2.31. The van der Waals surface area contributed by atoms with Crippen LogP contribution in [0.25, 0.3) is 11.8 Å². The predicted molar refractivity (Wildman–Crippen MR) is 118 cm³/mol. The predicted octanol–water partition coefficient (Wildman–Crippen LogP) is 4.64. The highest BCUT2D eigenvalue weighted by molar-refractivity contribution is 7.80. The molecule has 162 valence electrons. The molecule has 0 spiro atoms. The minimum Gasteiger partial charge on any atom is -0.317 e. The van der Waals surface area contributed by atoms with Crippen LogP contribution in [-0.2, 0) is 15.8 Å². The summed E-state index contributed by atoms with van der Waals surface area (Å²) in [5.41, 5.74) is 0.929. The Kier molecular flexibility index (Phi) is 5.43. The van der Waals surface area contributed by atoms with E-state index in [1.165, 1.54) is 27.7 Å².